The Kier molecular flexibility index (Phi) is 4.41. The van der Waals surface area contributed by atoms with Gasteiger partial charge in [0.05, 0.1) is 19.3 Å². The van der Waals surface area contributed by atoms with Gasteiger partial charge in [0.25, 0.3) is 5.91 Å². The molecule has 0 aliphatic rings. The van der Waals surface area contributed by atoms with Crippen molar-refractivity contribution < 1.29 is 4.79 Å². The second-order valence-corrected chi connectivity index (χ2v) is 5.00. The van der Waals surface area contributed by atoms with Crippen LogP contribution in [-0.4, -0.2) is 35.7 Å². The first-order chi connectivity index (χ1) is 11.3. The number of carbonyl (C=O) groups is 1. The minimum Gasteiger partial charge on any atom is -0.343 e. The average Bonchev–Trinajstić information content (AvgIpc) is 3.22. The molecule has 2 aromatic heterocycles. The van der Waals surface area contributed by atoms with Crippen molar-refractivity contribution in [2.75, 3.05) is 0 Å². The summed E-state index contributed by atoms with van der Waals surface area (Å²) in [5.41, 5.74) is 1.38. The van der Waals surface area contributed by atoms with E-state index in [1.54, 1.807) is 17.2 Å². The molecule has 0 spiro atoms. The maximum Gasteiger partial charge on any atom is 0.273 e. The van der Waals surface area contributed by atoms with Crippen LogP contribution < -0.4 is 5.32 Å². The van der Waals surface area contributed by atoms with Gasteiger partial charge in [-0.2, -0.15) is 0 Å². The lowest BCUT2D eigenvalue weighted by Gasteiger charge is -2.04. The zero-order valence-corrected chi connectivity index (χ0v) is 12.8. The molecule has 0 radical (unpaired) electrons. The molecule has 1 amide bonds. The number of nitrogens with one attached hydrogen (secondary N) is 1. The van der Waals surface area contributed by atoms with Gasteiger partial charge in [-0.1, -0.05) is 35.5 Å². The summed E-state index contributed by atoms with van der Waals surface area (Å²) >= 11 is 0. The lowest BCUT2D eigenvalue weighted by atomic mass is 10.2. The first-order valence-corrected chi connectivity index (χ1v) is 7.35. The fourth-order valence-corrected chi connectivity index (χ4v) is 2.18. The van der Waals surface area contributed by atoms with Gasteiger partial charge in [0.15, 0.2) is 11.5 Å². The van der Waals surface area contributed by atoms with E-state index >= 15 is 0 Å². The van der Waals surface area contributed by atoms with Crippen LogP contribution in [0.2, 0.25) is 0 Å². The van der Waals surface area contributed by atoms with Crippen LogP contribution in [0.25, 0.3) is 0 Å². The molecular formula is C15H17N7O. The number of carbonyl (C=O) groups excluding carboxylic acids is 1. The van der Waals surface area contributed by atoms with Gasteiger partial charge < -0.3 is 9.88 Å². The quantitative estimate of drug-likeness (QED) is 0.729. The Bertz CT molecular complexity index is 778. The molecule has 0 fully saturated rings. The molecule has 0 bridgehead atoms. The highest BCUT2D eigenvalue weighted by Gasteiger charge is 2.12. The van der Waals surface area contributed by atoms with E-state index in [0.29, 0.717) is 18.9 Å². The Morgan fingerprint density at radius 2 is 2.04 bits per heavy atom. The highest BCUT2D eigenvalue weighted by Crippen LogP contribution is 2.02. The van der Waals surface area contributed by atoms with Gasteiger partial charge in [-0.3, -0.25) is 4.79 Å². The van der Waals surface area contributed by atoms with Gasteiger partial charge in [0.1, 0.15) is 6.33 Å². The van der Waals surface area contributed by atoms with E-state index in [9.17, 15) is 4.79 Å². The van der Waals surface area contributed by atoms with Gasteiger partial charge in [-0.05, 0) is 12.5 Å². The molecule has 3 aromatic rings. The Balaban J connectivity index is 1.60. The largest absolute Gasteiger partial charge is 0.343 e. The molecule has 2 heterocycles. The standard InChI is InChI=1S/C15H17N7O/c1-2-21-11-17-19-14(21)8-16-15(23)13-10-22(20-18-13)9-12-6-4-3-5-7-12/h3-7,10-11H,2,8-9H2,1H3,(H,16,23). The van der Waals surface area contributed by atoms with Gasteiger partial charge >= 0.3 is 0 Å². The van der Waals surface area contributed by atoms with Crippen molar-refractivity contribution >= 4 is 5.91 Å². The molecule has 0 saturated carbocycles. The predicted molar refractivity (Wildman–Crippen MR) is 82.4 cm³/mol. The van der Waals surface area contributed by atoms with E-state index in [4.69, 9.17) is 0 Å². The van der Waals surface area contributed by atoms with E-state index < -0.39 is 0 Å². The number of aromatic nitrogens is 6. The van der Waals surface area contributed by atoms with E-state index in [-0.39, 0.29) is 11.6 Å². The van der Waals surface area contributed by atoms with Gasteiger partial charge in [-0.15, -0.1) is 15.3 Å². The van der Waals surface area contributed by atoms with Gasteiger partial charge in [0, 0.05) is 6.54 Å². The van der Waals surface area contributed by atoms with Crippen LogP contribution in [0.5, 0.6) is 0 Å². The number of nitrogens with zero attached hydrogens (tertiary/aromatic N) is 6. The van der Waals surface area contributed by atoms with Crippen LogP contribution in [0, 0.1) is 0 Å². The highest BCUT2D eigenvalue weighted by atomic mass is 16.2. The van der Waals surface area contributed by atoms with Crippen LogP contribution in [0.4, 0.5) is 0 Å². The molecule has 8 heteroatoms. The number of aryl methyl sites for hydroxylation is 1. The molecule has 0 atom stereocenters. The predicted octanol–water partition coefficient (Wildman–Crippen LogP) is 0.868. The van der Waals surface area contributed by atoms with E-state index in [0.717, 1.165) is 12.1 Å². The topological polar surface area (TPSA) is 90.5 Å². The summed E-state index contributed by atoms with van der Waals surface area (Å²) in [5, 5.41) is 18.5. The number of hydrogen-bond acceptors (Lipinski definition) is 5. The Morgan fingerprint density at radius 1 is 1.22 bits per heavy atom. The zero-order valence-electron chi connectivity index (χ0n) is 12.8. The molecule has 3 rings (SSSR count). The molecule has 0 saturated heterocycles. The molecule has 1 N–H and O–H groups in total. The highest BCUT2D eigenvalue weighted by molar-refractivity contribution is 5.91. The Hall–Kier alpha value is -3.03. The number of rotatable bonds is 6. The normalized spacial score (nSPS) is 10.7. The van der Waals surface area contributed by atoms with Crippen molar-refractivity contribution in [1.82, 2.24) is 35.1 Å². The molecule has 0 aliphatic heterocycles. The van der Waals surface area contributed by atoms with E-state index in [1.165, 1.54) is 0 Å². The van der Waals surface area contributed by atoms with Crippen molar-refractivity contribution in [2.24, 2.45) is 0 Å². The second-order valence-electron chi connectivity index (χ2n) is 5.00. The molecule has 0 unspecified atom stereocenters. The van der Waals surface area contributed by atoms with Crippen molar-refractivity contribution in [3.8, 4) is 0 Å². The van der Waals surface area contributed by atoms with E-state index in [1.807, 2.05) is 41.8 Å². The molecule has 0 aliphatic carbocycles. The Morgan fingerprint density at radius 3 is 2.83 bits per heavy atom. The summed E-state index contributed by atoms with van der Waals surface area (Å²) in [7, 11) is 0. The number of amides is 1. The molecule has 23 heavy (non-hydrogen) atoms. The van der Waals surface area contributed by atoms with Crippen molar-refractivity contribution in [3.63, 3.8) is 0 Å². The first-order valence-electron chi connectivity index (χ1n) is 7.35. The van der Waals surface area contributed by atoms with Crippen LogP contribution in [0.15, 0.2) is 42.9 Å². The van der Waals surface area contributed by atoms with Crippen LogP contribution in [0.3, 0.4) is 0 Å². The SMILES string of the molecule is CCn1cnnc1CNC(=O)c1cn(Cc2ccccc2)nn1. The summed E-state index contributed by atoms with van der Waals surface area (Å²) in [4.78, 5) is 12.1. The van der Waals surface area contributed by atoms with Gasteiger partial charge in [-0.25, -0.2) is 4.68 Å². The third-order valence-corrected chi connectivity index (χ3v) is 3.40. The second kappa shape index (κ2) is 6.82. The summed E-state index contributed by atoms with van der Waals surface area (Å²) in [6, 6.07) is 9.88. The third kappa shape index (κ3) is 3.60. The maximum absolute atomic E-state index is 12.1. The van der Waals surface area contributed by atoms with Crippen molar-refractivity contribution in [1.29, 1.82) is 0 Å². The van der Waals surface area contributed by atoms with Crippen LogP contribution >= 0.6 is 0 Å². The molecule has 1 aromatic carbocycles. The first kappa shape index (κ1) is 14.9. The molecule has 8 nitrogen and oxygen atoms in total. The summed E-state index contributed by atoms with van der Waals surface area (Å²) in [6.45, 7) is 3.62. The summed E-state index contributed by atoms with van der Waals surface area (Å²) in [5.74, 6) is 0.424. The fourth-order valence-electron chi connectivity index (χ4n) is 2.18. The monoisotopic (exact) mass is 311 g/mol. The molecular weight excluding hydrogens is 294 g/mol. The zero-order chi connectivity index (χ0) is 16.1. The Labute approximate surface area is 133 Å². The molecule has 118 valence electrons. The van der Waals surface area contributed by atoms with E-state index in [2.05, 4.69) is 25.8 Å². The third-order valence-electron chi connectivity index (χ3n) is 3.40. The van der Waals surface area contributed by atoms with Crippen LogP contribution in [0.1, 0.15) is 28.8 Å². The number of benzene rings is 1. The minimum atomic E-state index is -0.282. The summed E-state index contributed by atoms with van der Waals surface area (Å²) in [6.07, 6.45) is 3.27. The lowest BCUT2D eigenvalue weighted by Crippen LogP contribution is -2.25. The average molecular weight is 311 g/mol. The van der Waals surface area contributed by atoms with Crippen LogP contribution in [-0.2, 0) is 19.6 Å². The van der Waals surface area contributed by atoms with Crippen molar-refractivity contribution in [3.05, 3.63) is 59.9 Å². The maximum atomic E-state index is 12.1. The number of hydrogen-bond donors (Lipinski definition) is 1. The van der Waals surface area contributed by atoms with Gasteiger partial charge in [0.2, 0.25) is 0 Å². The van der Waals surface area contributed by atoms with Crippen molar-refractivity contribution in [2.45, 2.75) is 26.6 Å². The smallest absolute Gasteiger partial charge is 0.273 e. The lowest BCUT2D eigenvalue weighted by molar-refractivity contribution is 0.0944. The fraction of sp³-hybridized carbons (Fsp3) is 0.267. The minimum absolute atomic E-state index is 0.281. The summed E-state index contributed by atoms with van der Waals surface area (Å²) < 4.78 is 3.51.